The number of nitrogens with zero attached hydrogens (tertiary/aromatic N) is 1. The van der Waals surface area contributed by atoms with Gasteiger partial charge in [0.15, 0.2) is 5.76 Å². The molecule has 2 atom stereocenters. The molecule has 0 aliphatic heterocycles. The second-order valence-corrected chi connectivity index (χ2v) is 10.0. The highest BCUT2D eigenvalue weighted by Gasteiger charge is 2.27. The lowest BCUT2D eigenvalue weighted by Gasteiger charge is -2.24. The fraction of sp³-hybridized carbons (Fsp3) is 0.258. The summed E-state index contributed by atoms with van der Waals surface area (Å²) in [6, 6.07) is 21.3. The van der Waals surface area contributed by atoms with E-state index >= 15 is 0 Å². The Balaban J connectivity index is 1.33. The van der Waals surface area contributed by atoms with Crippen molar-refractivity contribution in [1.82, 2.24) is 5.16 Å². The van der Waals surface area contributed by atoms with Crippen LogP contribution < -0.4 is 5.32 Å². The van der Waals surface area contributed by atoms with E-state index in [4.69, 9.17) is 25.6 Å². The van der Waals surface area contributed by atoms with Gasteiger partial charge < -0.3 is 14.0 Å². The van der Waals surface area contributed by atoms with Crippen molar-refractivity contribution >= 4 is 29.4 Å². The second kappa shape index (κ2) is 11.3. The summed E-state index contributed by atoms with van der Waals surface area (Å²) in [6.45, 7) is 3.51. The van der Waals surface area contributed by atoms with Crippen LogP contribution in [0.15, 0.2) is 71.3 Å². The molecule has 0 bridgehead atoms. The summed E-state index contributed by atoms with van der Waals surface area (Å²) in [5.74, 6) is 0.0601. The number of carbonyl (C=O) groups is 2. The van der Waals surface area contributed by atoms with Gasteiger partial charge in [0.25, 0.3) is 0 Å². The smallest absolute Gasteiger partial charge is 0.412 e. The quantitative estimate of drug-likeness (QED) is 0.248. The molecule has 3 aromatic carbocycles. The summed E-state index contributed by atoms with van der Waals surface area (Å²) < 4.78 is 16.1. The van der Waals surface area contributed by atoms with Crippen LogP contribution in [0.3, 0.4) is 0 Å². The first-order chi connectivity index (χ1) is 18.9. The van der Waals surface area contributed by atoms with E-state index < -0.39 is 12.2 Å². The first-order valence-corrected chi connectivity index (χ1v) is 13.2. The Morgan fingerprint density at radius 3 is 2.51 bits per heavy atom. The van der Waals surface area contributed by atoms with Gasteiger partial charge in [-0.1, -0.05) is 77.4 Å². The standard InChI is InChI=1S/C31H29ClN2O5/c1-18-28(33-31(36)38-19(2)24-8-4-5-10-27(24)32)29(39-34-18)21-13-11-20(12-14-21)22-15-16-25-23(17-22)7-6-9-26(25)30(35)37-3/h4-5,8,10-17,19,26H,6-7,9H2,1-3H3,(H,33,36). The third-order valence-corrected chi connectivity index (χ3v) is 7.48. The Morgan fingerprint density at radius 2 is 1.77 bits per heavy atom. The SMILES string of the molecule is COC(=O)C1CCCc2cc(-c3ccc(-c4onc(C)c4NC(=O)OC(C)c4ccccc4Cl)cc3)ccc21. The zero-order chi connectivity index (χ0) is 27.5. The van der Waals surface area contributed by atoms with Crippen LogP contribution in [0.25, 0.3) is 22.5 Å². The van der Waals surface area contributed by atoms with Crippen molar-refractivity contribution in [1.29, 1.82) is 0 Å². The Morgan fingerprint density at radius 1 is 1.05 bits per heavy atom. The number of esters is 1. The third-order valence-electron chi connectivity index (χ3n) is 7.14. The average Bonchev–Trinajstić information content (AvgIpc) is 3.31. The fourth-order valence-electron chi connectivity index (χ4n) is 5.07. The molecule has 1 aromatic heterocycles. The molecular formula is C31H29ClN2O5. The number of benzene rings is 3. The number of aromatic nitrogens is 1. The van der Waals surface area contributed by atoms with Gasteiger partial charge in [-0.3, -0.25) is 10.1 Å². The van der Waals surface area contributed by atoms with Crippen molar-refractivity contribution in [2.24, 2.45) is 0 Å². The zero-order valence-corrected chi connectivity index (χ0v) is 22.7. The molecule has 0 radical (unpaired) electrons. The van der Waals surface area contributed by atoms with Crippen molar-refractivity contribution in [2.45, 2.75) is 45.1 Å². The van der Waals surface area contributed by atoms with E-state index in [1.54, 1.807) is 19.9 Å². The molecule has 1 aliphatic rings. The number of nitrogens with one attached hydrogen (secondary N) is 1. The molecule has 200 valence electrons. The van der Waals surface area contributed by atoms with E-state index in [2.05, 4.69) is 16.5 Å². The number of hydrogen-bond acceptors (Lipinski definition) is 6. The normalized spacial score (nSPS) is 15.2. The number of halogens is 1. The van der Waals surface area contributed by atoms with Crippen LogP contribution in [0.4, 0.5) is 10.5 Å². The summed E-state index contributed by atoms with van der Waals surface area (Å²) in [7, 11) is 1.44. The van der Waals surface area contributed by atoms with Crippen LogP contribution in [0, 0.1) is 6.92 Å². The van der Waals surface area contributed by atoms with Gasteiger partial charge in [0.1, 0.15) is 17.5 Å². The molecule has 1 heterocycles. The number of methoxy groups -OCH3 is 1. The Hall–Kier alpha value is -4.10. The van der Waals surface area contributed by atoms with E-state index in [-0.39, 0.29) is 11.9 Å². The predicted molar refractivity (Wildman–Crippen MR) is 150 cm³/mol. The van der Waals surface area contributed by atoms with Crippen molar-refractivity contribution in [3.05, 3.63) is 94.1 Å². The third kappa shape index (κ3) is 5.54. The summed E-state index contributed by atoms with van der Waals surface area (Å²) >= 11 is 6.24. The Kier molecular flexibility index (Phi) is 7.70. The molecule has 0 spiro atoms. The highest BCUT2D eigenvalue weighted by atomic mass is 35.5. The van der Waals surface area contributed by atoms with Crippen molar-refractivity contribution in [2.75, 3.05) is 12.4 Å². The summed E-state index contributed by atoms with van der Waals surface area (Å²) in [4.78, 5) is 24.9. The maximum Gasteiger partial charge on any atom is 0.412 e. The molecule has 7 nitrogen and oxygen atoms in total. The number of ether oxygens (including phenoxy) is 2. The summed E-state index contributed by atoms with van der Waals surface area (Å²) in [5, 5.41) is 7.36. The molecule has 4 aromatic rings. The van der Waals surface area contributed by atoms with E-state index in [0.29, 0.717) is 22.2 Å². The lowest BCUT2D eigenvalue weighted by atomic mass is 9.81. The van der Waals surface area contributed by atoms with Crippen LogP contribution >= 0.6 is 11.6 Å². The average molecular weight is 545 g/mol. The molecular weight excluding hydrogens is 516 g/mol. The number of amides is 1. The molecule has 2 unspecified atom stereocenters. The van der Waals surface area contributed by atoms with Crippen molar-refractivity contribution in [3.63, 3.8) is 0 Å². The number of rotatable bonds is 6. The van der Waals surface area contributed by atoms with Crippen LogP contribution in [-0.4, -0.2) is 24.3 Å². The van der Waals surface area contributed by atoms with Crippen LogP contribution in [0.5, 0.6) is 0 Å². The fourth-order valence-corrected chi connectivity index (χ4v) is 5.36. The van der Waals surface area contributed by atoms with Crippen LogP contribution in [0.1, 0.15) is 54.2 Å². The number of hydrogen-bond donors (Lipinski definition) is 1. The molecule has 1 N–H and O–H groups in total. The van der Waals surface area contributed by atoms with E-state index in [1.807, 2.05) is 54.6 Å². The molecule has 5 rings (SSSR count). The zero-order valence-electron chi connectivity index (χ0n) is 22.0. The largest absolute Gasteiger partial charge is 0.469 e. The minimum atomic E-state index is -0.633. The van der Waals surface area contributed by atoms with E-state index in [9.17, 15) is 9.59 Å². The number of fused-ring (bicyclic) bond motifs is 1. The molecule has 1 aliphatic carbocycles. The number of aryl methyl sites for hydroxylation is 2. The van der Waals surface area contributed by atoms with Gasteiger partial charge in [-0.15, -0.1) is 0 Å². The van der Waals surface area contributed by atoms with Gasteiger partial charge >= 0.3 is 12.1 Å². The highest BCUT2D eigenvalue weighted by Crippen LogP contribution is 2.37. The van der Waals surface area contributed by atoms with Gasteiger partial charge in [0, 0.05) is 16.1 Å². The highest BCUT2D eigenvalue weighted by molar-refractivity contribution is 6.31. The van der Waals surface area contributed by atoms with E-state index in [1.165, 1.54) is 12.7 Å². The van der Waals surface area contributed by atoms with Gasteiger partial charge in [-0.05, 0) is 61.4 Å². The van der Waals surface area contributed by atoms with Crippen molar-refractivity contribution < 1.29 is 23.6 Å². The molecule has 0 saturated carbocycles. The molecule has 0 fully saturated rings. The maximum absolute atomic E-state index is 12.7. The molecule has 39 heavy (non-hydrogen) atoms. The number of carbonyl (C=O) groups excluding carboxylic acids is 2. The van der Waals surface area contributed by atoms with Crippen LogP contribution in [-0.2, 0) is 20.7 Å². The lowest BCUT2D eigenvalue weighted by Crippen LogP contribution is -2.19. The molecule has 8 heteroatoms. The molecule has 0 saturated heterocycles. The lowest BCUT2D eigenvalue weighted by molar-refractivity contribution is -0.142. The summed E-state index contributed by atoms with van der Waals surface area (Å²) in [6.07, 6.45) is 1.53. The van der Waals surface area contributed by atoms with Gasteiger partial charge in [-0.25, -0.2) is 4.79 Å². The van der Waals surface area contributed by atoms with Crippen LogP contribution in [0.2, 0.25) is 5.02 Å². The van der Waals surface area contributed by atoms with Gasteiger partial charge in [0.2, 0.25) is 0 Å². The van der Waals surface area contributed by atoms with Crippen molar-refractivity contribution in [3.8, 4) is 22.5 Å². The predicted octanol–water partition coefficient (Wildman–Crippen LogP) is 7.87. The molecule has 1 amide bonds. The summed E-state index contributed by atoms with van der Waals surface area (Å²) in [5.41, 5.74) is 6.79. The van der Waals surface area contributed by atoms with E-state index in [0.717, 1.165) is 47.1 Å². The maximum atomic E-state index is 12.7. The second-order valence-electron chi connectivity index (χ2n) is 9.63. The van der Waals surface area contributed by atoms with Gasteiger partial charge in [0.05, 0.1) is 13.0 Å². The minimum Gasteiger partial charge on any atom is -0.469 e. The first-order valence-electron chi connectivity index (χ1n) is 12.9. The minimum absolute atomic E-state index is 0.179. The monoisotopic (exact) mass is 544 g/mol. The Labute approximate surface area is 232 Å². The topological polar surface area (TPSA) is 90.7 Å². The number of anilines is 1. The Bertz CT molecular complexity index is 1510. The first kappa shape index (κ1) is 26.5. The van der Waals surface area contributed by atoms with Gasteiger partial charge in [-0.2, -0.15) is 0 Å².